The molecule has 0 aliphatic heterocycles. The molecule has 13 heavy (non-hydrogen) atoms. The molecule has 76 valence electrons. The molecule has 0 aliphatic rings. The topological polar surface area (TPSA) is 84.2 Å². The van der Waals surface area contributed by atoms with Crippen molar-refractivity contribution in [2.75, 3.05) is 7.05 Å². The molecule has 0 bridgehead atoms. The Morgan fingerprint density at radius 1 is 1.38 bits per heavy atom. The van der Waals surface area contributed by atoms with Gasteiger partial charge in [-0.15, -0.1) is 0 Å². The zero-order valence-electron chi connectivity index (χ0n) is 8.47. The van der Waals surface area contributed by atoms with Crippen LogP contribution in [0.15, 0.2) is 0 Å². The number of amides is 2. The lowest BCUT2D eigenvalue weighted by molar-refractivity contribution is -0.130. The molecule has 0 aromatic heterocycles. The van der Waals surface area contributed by atoms with Crippen LogP contribution in [0.25, 0.3) is 0 Å². The maximum Gasteiger partial charge on any atom is 0.242 e. The largest absolute Gasteiger partial charge is 0.357 e. The van der Waals surface area contributed by atoms with Crippen LogP contribution >= 0.6 is 0 Å². The van der Waals surface area contributed by atoms with Crippen molar-refractivity contribution in [3.05, 3.63) is 0 Å². The van der Waals surface area contributed by atoms with E-state index in [2.05, 4.69) is 10.6 Å². The van der Waals surface area contributed by atoms with Crippen LogP contribution < -0.4 is 16.4 Å². The summed E-state index contributed by atoms with van der Waals surface area (Å²) < 4.78 is 0. The van der Waals surface area contributed by atoms with Crippen LogP contribution in [0, 0.1) is 0 Å². The van der Waals surface area contributed by atoms with Crippen LogP contribution in [0.4, 0.5) is 0 Å². The smallest absolute Gasteiger partial charge is 0.242 e. The van der Waals surface area contributed by atoms with E-state index in [-0.39, 0.29) is 11.8 Å². The van der Waals surface area contributed by atoms with Crippen molar-refractivity contribution in [1.29, 1.82) is 0 Å². The van der Waals surface area contributed by atoms with Gasteiger partial charge in [-0.1, -0.05) is 0 Å². The van der Waals surface area contributed by atoms with Gasteiger partial charge in [0, 0.05) is 7.05 Å². The number of rotatable bonds is 3. The average Bonchev–Trinajstić information content (AvgIpc) is 2.01. The molecule has 0 aromatic rings. The Hall–Kier alpha value is -1.10. The standard InChI is InChI=1S/C8H17N3O2/c1-5(6(12)10-4)11-7(13)8(2,3)9/h5H,9H2,1-4H3,(H,10,12)(H,11,13). The Labute approximate surface area is 78.1 Å². The molecule has 5 nitrogen and oxygen atoms in total. The number of hydrogen-bond donors (Lipinski definition) is 3. The highest BCUT2D eigenvalue weighted by molar-refractivity contribution is 5.91. The zero-order chi connectivity index (χ0) is 10.6. The first kappa shape index (κ1) is 11.9. The molecule has 4 N–H and O–H groups in total. The van der Waals surface area contributed by atoms with E-state index in [1.54, 1.807) is 20.8 Å². The van der Waals surface area contributed by atoms with Crippen molar-refractivity contribution in [1.82, 2.24) is 10.6 Å². The van der Waals surface area contributed by atoms with Crippen LogP contribution in [-0.2, 0) is 9.59 Å². The van der Waals surface area contributed by atoms with E-state index >= 15 is 0 Å². The van der Waals surface area contributed by atoms with E-state index in [4.69, 9.17) is 5.73 Å². The van der Waals surface area contributed by atoms with Gasteiger partial charge in [-0.05, 0) is 20.8 Å². The van der Waals surface area contributed by atoms with Crippen molar-refractivity contribution < 1.29 is 9.59 Å². The van der Waals surface area contributed by atoms with Crippen molar-refractivity contribution >= 4 is 11.8 Å². The lowest BCUT2D eigenvalue weighted by Gasteiger charge is -2.20. The summed E-state index contributed by atoms with van der Waals surface area (Å²) >= 11 is 0. The summed E-state index contributed by atoms with van der Waals surface area (Å²) in [6, 6.07) is -0.555. The molecular weight excluding hydrogens is 170 g/mol. The third-order valence-corrected chi connectivity index (χ3v) is 1.57. The Balaban J connectivity index is 4.15. The first-order valence-corrected chi connectivity index (χ1v) is 4.10. The predicted octanol–water partition coefficient (Wildman–Crippen LogP) is -1.03. The minimum atomic E-state index is -0.956. The second-order valence-corrected chi connectivity index (χ2v) is 3.53. The fourth-order valence-corrected chi connectivity index (χ4v) is 0.665. The molecule has 0 fully saturated rings. The highest BCUT2D eigenvalue weighted by Gasteiger charge is 2.24. The summed E-state index contributed by atoms with van der Waals surface area (Å²) in [7, 11) is 1.51. The first-order valence-electron chi connectivity index (χ1n) is 4.10. The summed E-state index contributed by atoms with van der Waals surface area (Å²) in [5.74, 6) is -0.582. The molecule has 5 heteroatoms. The third-order valence-electron chi connectivity index (χ3n) is 1.57. The van der Waals surface area contributed by atoms with Crippen molar-refractivity contribution in [3.63, 3.8) is 0 Å². The molecule has 0 radical (unpaired) electrons. The lowest BCUT2D eigenvalue weighted by Crippen LogP contribution is -2.54. The first-order chi connectivity index (χ1) is 5.79. The predicted molar refractivity (Wildman–Crippen MR) is 49.9 cm³/mol. The molecule has 0 saturated carbocycles. The Morgan fingerprint density at radius 3 is 2.15 bits per heavy atom. The van der Waals surface area contributed by atoms with Gasteiger partial charge in [0.1, 0.15) is 6.04 Å². The van der Waals surface area contributed by atoms with Crippen LogP contribution in [0.1, 0.15) is 20.8 Å². The summed E-state index contributed by atoms with van der Waals surface area (Å²) in [5, 5.41) is 4.92. The molecule has 0 aliphatic carbocycles. The quantitative estimate of drug-likeness (QED) is 0.528. The molecule has 0 heterocycles. The fraction of sp³-hybridized carbons (Fsp3) is 0.750. The van der Waals surface area contributed by atoms with Crippen molar-refractivity contribution in [2.45, 2.75) is 32.4 Å². The van der Waals surface area contributed by atoms with Gasteiger partial charge in [0.15, 0.2) is 0 Å². The van der Waals surface area contributed by atoms with E-state index in [1.807, 2.05) is 0 Å². The second-order valence-electron chi connectivity index (χ2n) is 3.53. The van der Waals surface area contributed by atoms with Gasteiger partial charge < -0.3 is 16.4 Å². The van der Waals surface area contributed by atoms with Gasteiger partial charge in [0.25, 0.3) is 0 Å². The van der Waals surface area contributed by atoms with E-state index in [9.17, 15) is 9.59 Å². The minimum Gasteiger partial charge on any atom is -0.357 e. The molecule has 1 unspecified atom stereocenters. The van der Waals surface area contributed by atoms with E-state index in [0.717, 1.165) is 0 Å². The molecule has 0 saturated heterocycles. The van der Waals surface area contributed by atoms with Gasteiger partial charge in [-0.2, -0.15) is 0 Å². The SMILES string of the molecule is CNC(=O)C(C)NC(=O)C(C)(C)N. The number of hydrogen-bond acceptors (Lipinski definition) is 3. The van der Waals surface area contributed by atoms with E-state index < -0.39 is 11.6 Å². The van der Waals surface area contributed by atoms with Crippen LogP contribution in [-0.4, -0.2) is 30.4 Å². The molecule has 1 atom stereocenters. The monoisotopic (exact) mass is 187 g/mol. The van der Waals surface area contributed by atoms with Gasteiger partial charge >= 0.3 is 0 Å². The number of carbonyl (C=O) groups is 2. The fourth-order valence-electron chi connectivity index (χ4n) is 0.665. The van der Waals surface area contributed by atoms with Gasteiger partial charge in [0.05, 0.1) is 5.54 Å². The maximum absolute atomic E-state index is 11.3. The molecular formula is C8H17N3O2. The zero-order valence-corrected chi connectivity index (χ0v) is 8.47. The molecule has 0 rings (SSSR count). The molecule has 0 spiro atoms. The normalized spacial score (nSPS) is 13.3. The maximum atomic E-state index is 11.3. The van der Waals surface area contributed by atoms with Crippen molar-refractivity contribution in [3.8, 4) is 0 Å². The summed E-state index contributed by atoms with van der Waals surface area (Å²) in [6.07, 6.45) is 0. The lowest BCUT2D eigenvalue weighted by atomic mass is 10.1. The number of likely N-dealkylation sites (N-methyl/N-ethyl adjacent to an activating group) is 1. The van der Waals surface area contributed by atoms with Gasteiger partial charge in [0.2, 0.25) is 11.8 Å². The van der Waals surface area contributed by atoms with E-state index in [1.165, 1.54) is 7.05 Å². The van der Waals surface area contributed by atoms with Crippen LogP contribution in [0.5, 0.6) is 0 Å². The Morgan fingerprint density at radius 2 is 1.85 bits per heavy atom. The summed E-state index contributed by atoms with van der Waals surface area (Å²) in [5.41, 5.74) is 4.57. The van der Waals surface area contributed by atoms with Gasteiger partial charge in [-0.25, -0.2) is 0 Å². The highest BCUT2D eigenvalue weighted by Crippen LogP contribution is 1.96. The summed E-state index contributed by atoms with van der Waals surface area (Å²) in [6.45, 7) is 4.76. The van der Waals surface area contributed by atoms with Gasteiger partial charge in [-0.3, -0.25) is 9.59 Å². The molecule has 0 aromatic carbocycles. The van der Waals surface area contributed by atoms with Crippen molar-refractivity contribution in [2.24, 2.45) is 5.73 Å². The third kappa shape index (κ3) is 3.89. The molecule has 2 amide bonds. The minimum absolute atomic E-state index is 0.238. The van der Waals surface area contributed by atoms with Crippen LogP contribution in [0.3, 0.4) is 0 Å². The second kappa shape index (κ2) is 4.23. The van der Waals surface area contributed by atoms with Crippen LogP contribution in [0.2, 0.25) is 0 Å². The number of nitrogens with two attached hydrogens (primary N) is 1. The van der Waals surface area contributed by atoms with E-state index in [0.29, 0.717) is 0 Å². The summed E-state index contributed by atoms with van der Waals surface area (Å²) in [4.78, 5) is 22.3. The highest BCUT2D eigenvalue weighted by atomic mass is 16.2. The Kier molecular flexibility index (Phi) is 3.87. The average molecular weight is 187 g/mol. The number of nitrogens with one attached hydrogen (secondary N) is 2. The Bertz CT molecular complexity index is 208. The number of carbonyl (C=O) groups excluding carboxylic acids is 2.